The summed E-state index contributed by atoms with van der Waals surface area (Å²) in [5, 5.41) is 14.5. The van der Waals surface area contributed by atoms with Crippen molar-refractivity contribution < 1.29 is 17.9 Å². The van der Waals surface area contributed by atoms with E-state index in [0.29, 0.717) is 11.5 Å². The molecule has 3 rings (SSSR count). The summed E-state index contributed by atoms with van der Waals surface area (Å²) in [5.74, 6) is 0.585. The zero-order valence-corrected chi connectivity index (χ0v) is 15.5. The summed E-state index contributed by atoms with van der Waals surface area (Å²) in [6.07, 6.45) is 0.887. The Morgan fingerprint density at radius 1 is 1.26 bits per heavy atom. The molecule has 0 saturated heterocycles. The molecular formula is C18H24F3N5O. The van der Waals surface area contributed by atoms with Crippen molar-refractivity contribution in [2.45, 2.75) is 50.9 Å². The molecule has 9 heteroatoms. The third-order valence-electron chi connectivity index (χ3n) is 5.05. The Morgan fingerprint density at radius 2 is 2.00 bits per heavy atom. The average molecular weight is 383 g/mol. The standard InChI is InChI=1S/C18H24F3N5O/c1-26-24-17(23-25-26)22-11-13-10-14(18(19,20)21)8-9-15(13)16(27-2)12-6-4-3-5-7-12/h8-10,12,16H,3-7,11H2,1-2H3,(H,22,24). The second kappa shape index (κ2) is 8.24. The third kappa shape index (κ3) is 4.77. The van der Waals surface area contributed by atoms with Crippen molar-refractivity contribution in [3.8, 4) is 0 Å². The second-order valence-electron chi connectivity index (χ2n) is 6.92. The molecule has 0 radical (unpaired) electrons. The molecular weight excluding hydrogens is 359 g/mol. The molecule has 0 bridgehead atoms. The summed E-state index contributed by atoms with van der Waals surface area (Å²) in [4.78, 5) is 1.29. The zero-order valence-electron chi connectivity index (χ0n) is 15.5. The smallest absolute Gasteiger partial charge is 0.376 e. The van der Waals surface area contributed by atoms with Gasteiger partial charge in [-0.3, -0.25) is 0 Å². The highest BCUT2D eigenvalue weighted by molar-refractivity contribution is 5.38. The van der Waals surface area contributed by atoms with Gasteiger partial charge in [-0.15, -0.1) is 5.10 Å². The number of halogens is 3. The van der Waals surface area contributed by atoms with Crippen molar-refractivity contribution in [2.24, 2.45) is 13.0 Å². The molecule has 148 valence electrons. The van der Waals surface area contributed by atoms with Crippen molar-refractivity contribution in [1.82, 2.24) is 20.2 Å². The van der Waals surface area contributed by atoms with Gasteiger partial charge >= 0.3 is 6.18 Å². The van der Waals surface area contributed by atoms with Crippen LogP contribution in [0, 0.1) is 5.92 Å². The number of anilines is 1. The quantitative estimate of drug-likeness (QED) is 0.813. The Kier molecular flexibility index (Phi) is 5.98. The van der Waals surface area contributed by atoms with E-state index in [1.807, 2.05) is 0 Å². The molecule has 1 fully saturated rings. The van der Waals surface area contributed by atoms with Crippen molar-refractivity contribution in [3.05, 3.63) is 34.9 Å². The monoisotopic (exact) mass is 383 g/mol. The second-order valence-corrected chi connectivity index (χ2v) is 6.92. The number of aromatic nitrogens is 4. The molecule has 2 aromatic rings. The van der Waals surface area contributed by atoms with Crippen LogP contribution in [-0.4, -0.2) is 27.3 Å². The Hall–Kier alpha value is -2.16. The lowest BCUT2D eigenvalue weighted by Crippen LogP contribution is -2.20. The molecule has 1 aliphatic carbocycles. The number of hydrogen-bond donors (Lipinski definition) is 1. The van der Waals surface area contributed by atoms with Crippen LogP contribution < -0.4 is 5.32 Å². The van der Waals surface area contributed by atoms with Gasteiger partial charge in [0.1, 0.15) is 0 Å². The van der Waals surface area contributed by atoms with Gasteiger partial charge in [0.2, 0.25) is 0 Å². The van der Waals surface area contributed by atoms with E-state index in [0.717, 1.165) is 37.3 Å². The first-order valence-electron chi connectivity index (χ1n) is 9.09. The van der Waals surface area contributed by atoms with Crippen LogP contribution in [0.25, 0.3) is 0 Å². The lowest BCUT2D eigenvalue weighted by atomic mass is 9.81. The van der Waals surface area contributed by atoms with E-state index in [-0.39, 0.29) is 18.6 Å². The van der Waals surface area contributed by atoms with Gasteiger partial charge in [-0.2, -0.15) is 18.0 Å². The lowest BCUT2D eigenvalue weighted by Gasteiger charge is -2.31. The van der Waals surface area contributed by atoms with Crippen LogP contribution in [-0.2, 0) is 24.5 Å². The fraction of sp³-hybridized carbons (Fsp3) is 0.611. The molecule has 1 heterocycles. The van der Waals surface area contributed by atoms with Crippen LogP contribution in [0.15, 0.2) is 18.2 Å². The average Bonchev–Trinajstić information content (AvgIpc) is 3.06. The van der Waals surface area contributed by atoms with Gasteiger partial charge in [-0.1, -0.05) is 30.4 Å². The Bertz CT molecular complexity index is 756. The van der Waals surface area contributed by atoms with E-state index in [9.17, 15) is 13.2 Å². The predicted octanol–water partition coefficient (Wildman–Crippen LogP) is 4.11. The highest BCUT2D eigenvalue weighted by Crippen LogP contribution is 2.39. The molecule has 1 aliphatic rings. The zero-order chi connectivity index (χ0) is 19.4. The van der Waals surface area contributed by atoms with Gasteiger partial charge in [0, 0.05) is 13.7 Å². The summed E-state index contributed by atoms with van der Waals surface area (Å²) in [6.45, 7) is 0.164. The van der Waals surface area contributed by atoms with Crippen molar-refractivity contribution in [2.75, 3.05) is 12.4 Å². The maximum Gasteiger partial charge on any atom is 0.416 e. The largest absolute Gasteiger partial charge is 0.416 e. The molecule has 27 heavy (non-hydrogen) atoms. The fourth-order valence-corrected chi connectivity index (χ4v) is 3.75. The molecule has 1 unspecified atom stereocenters. The molecule has 6 nitrogen and oxygen atoms in total. The first kappa shape index (κ1) is 19.6. The van der Waals surface area contributed by atoms with Crippen LogP contribution in [0.5, 0.6) is 0 Å². The number of ether oxygens (including phenoxy) is 1. The third-order valence-corrected chi connectivity index (χ3v) is 5.05. The SMILES string of the molecule is COC(c1ccc(C(F)(F)F)cc1CNc1nnn(C)n1)C1CCCCC1. The van der Waals surface area contributed by atoms with E-state index in [2.05, 4.69) is 20.7 Å². The number of alkyl halides is 3. The normalized spacial score (nSPS) is 17.1. The van der Waals surface area contributed by atoms with E-state index < -0.39 is 11.7 Å². The maximum atomic E-state index is 13.2. The number of aryl methyl sites for hydroxylation is 1. The molecule has 1 atom stereocenters. The van der Waals surface area contributed by atoms with Crippen molar-refractivity contribution in [1.29, 1.82) is 0 Å². The number of tetrazole rings is 1. The first-order chi connectivity index (χ1) is 12.9. The molecule has 0 aliphatic heterocycles. The van der Waals surface area contributed by atoms with Crippen LogP contribution >= 0.6 is 0 Å². The Labute approximate surface area is 156 Å². The van der Waals surface area contributed by atoms with Gasteiger partial charge in [-0.05, 0) is 47.2 Å². The van der Waals surface area contributed by atoms with Crippen molar-refractivity contribution in [3.63, 3.8) is 0 Å². The minimum atomic E-state index is -4.40. The topological polar surface area (TPSA) is 64.9 Å². The summed E-state index contributed by atoms with van der Waals surface area (Å²) in [7, 11) is 3.25. The summed E-state index contributed by atoms with van der Waals surface area (Å²) >= 11 is 0. The number of benzene rings is 1. The number of hydrogen-bond acceptors (Lipinski definition) is 5. The lowest BCUT2D eigenvalue weighted by molar-refractivity contribution is -0.137. The van der Waals surface area contributed by atoms with E-state index in [1.165, 1.54) is 17.3 Å². The number of nitrogens with zero attached hydrogens (tertiary/aromatic N) is 4. The van der Waals surface area contributed by atoms with E-state index >= 15 is 0 Å². The molecule has 1 saturated carbocycles. The summed E-state index contributed by atoms with van der Waals surface area (Å²) < 4.78 is 45.4. The first-order valence-corrected chi connectivity index (χ1v) is 9.09. The van der Waals surface area contributed by atoms with Gasteiger partial charge < -0.3 is 10.1 Å². The fourth-order valence-electron chi connectivity index (χ4n) is 3.75. The van der Waals surface area contributed by atoms with Gasteiger partial charge in [-0.25, -0.2) is 0 Å². The van der Waals surface area contributed by atoms with Crippen LogP contribution in [0.3, 0.4) is 0 Å². The Morgan fingerprint density at radius 3 is 2.59 bits per heavy atom. The van der Waals surface area contributed by atoms with Crippen LogP contribution in [0.1, 0.15) is 54.9 Å². The minimum Gasteiger partial charge on any atom is -0.376 e. The highest BCUT2D eigenvalue weighted by atomic mass is 19.4. The predicted molar refractivity (Wildman–Crippen MR) is 93.9 cm³/mol. The highest BCUT2D eigenvalue weighted by Gasteiger charge is 2.33. The number of nitrogens with one attached hydrogen (secondary N) is 1. The van der Waals surface area contributed by atoms with Crippen LogP contribution in [0.4, 0.5) is 19.1 Å². The van der Waals surface area contributed by atoms with Crippen molar-refractivity contribution >= 4 is 5.95 Å². The summed E-state index contributed by atoms with van der Waals surface area (Å²) in [5.41, 5.74) is 0.650. The minimum absolute atomic E-state index is 0.164. The van der Waals surface area contributed by atoms with E-state index in [4.69, 9.17) is 4.74 Å². The number of methoxy groups -OCH3 is 1. The van der Waals surface area contributed by atoms with Gasteiger partial charge in [0.25, 0.3) is 5.95 Å². The van der Waals surface area contributed by atoms with E-state index in [1.54, 1.807) is 20.2 Å². The molecule has 0 amide bonds. The van der Waals surface area contributed by atoms with Crippen LogP contribution in [0.2, 0.25) is 0 Å². The molecule has 0 spiro atoms. The molecule has 1 aromatic heterocycles. The van der Waals surface area contributed by atoms with Gasteiger partial charge in [0.05, 0.1) is 18.7 Å². The van der Waals surface area contributed by atoms with Gasteiger partial charge in [0.15, 0.2) is 0 Å². The molecule has 1 aromatic carbocycles. The summed E-state index contributed by atoms with van der Waals surface area (Å²) in [6, 6.07) is 3.87. The Balaban J connectivity index is 1.90. The number of rotatable bonds is 6. The molecule has 1 N–H and O–H groups in total. The maximum absolute atomic E-state index is 13.2.